The fourth-order valence-electron chi connectivity index (χ4n) is 1.99. The lowest BCUT2D eigenvalue weighted by molar-refractivity contribution is -0.139. The molecule has 7 heteroatoms. The molecule has 0 radical (unpaired) electrons. The highest BCUT2D eigenvalue weighted by molar-refractivity contribution is 5.93. The molecule has 2 aromatic rings. The Kier molecular flexibility index (Phi) is 4.88. The van der Waals surface area contributed by atoms with E-state index in [9.17, 15) is 9.59 Å². The topological polar surface area (TPSA) is 97.1 Å². The highest BCUT2D eigenvalue weighted by Crippen LogP contribution is 2.07. The van der Waals surface area contributed by atoms with Gasteiger partial charge in [0.2, 0.25) is 5.82 Å². The summed E-state index contributed by atoms with van der Waals surface area (Å²) in [7, 11) is 0. The van der Waals surface area contributed by atoms with Crippen LogP contribution in [0.1, 0.15) is 30.9 Å². The Morgan fingerprint density at radius 3 is 2.55 bits per heavy atom. The van der Waals surface area contributed by atoms with Crippen molar-refractivity contribution in [2.45, 2.75) is 26.3 Å². The molecule has 2 rings (SSSR count). The zero-order chi connectivity index (χ0) is 16.1. The van der Waals surface area contributed by atoms with Crippen molar-refractivity contribution >= 4 is 11.9 Å². The lowest BCUT2D eigenvalue weighted by atomic mass is 10.0. The van der Waals surface area contributed by atoms with Crippen molar-refractivity contribution in [3.8, 4) is 5.69 Å². The fraction of sp³-hybridized carbons (Fsp3) is 0.333. The van der Waals surface area contributed by atoms with Gasteiger partial charge < -0.3 is 10.4 Å². The second-order valence-corrected chi connectivity index (χ2v) is 5.34. The Balaban J connectivity index is 2.10. The van der Waals surface area contributed by atoms with Crippen LogP contribution in [0.5, 0.6) is 0 Å². The van der Waals surface area contributed by atoms with Gasteiger partial charge in [-0.05, 0) is 24.5 Å². The van der Waals surface area contributed by atoms with Gasteiger partial charge in [-0.1, -0.05) is 32.0 Å². The molecule has 0 aliphatic carbocycles. The number of benzene rings is 1. The monoisotopic (exact) mass is 302 g/mol. The number of aromatic nitrogens is 3. The lowest BCUT2D eigenvalue weighted by Gasteiger charge is -2.15. The third kappa shape index (κ3) is 3.91. The van der Waals surface area contributed by atoms with Crippen molar-refractivity contribution in [2.75, 3.05) is 0 Å². The predicted octanol–water partition coefficient (Wildman–Crippen LogP) is 1.50. The van der Waals surface area contributed by atoms with Gasteiger partial charge >= 0.3 is 5.97 Å². The van der Waals surface area contributed by atoms with Crippen molar-refractivity contribution in [1.82, 2.24) is 20.1 Å². The van der Waals surface area contributed by atoms with Crippen LogP contribution in [0.2, 0.25) is 0 Å². The normalized spacial score (nSPS) is 12.1. The Morgan fingerprint density at radius 1 is 1.27 bits per heavy atom. The van der Waals surface area contributed by atoms with Crippen LogP contribution in [0.15, 0.2) is 36.7 Å². The van der Waals surface area contributed by atoms with E-state index in [1.54, 1.807) is 0 Å². The molecule has 1 atom stereocenters. The van der Waals surface area contributed by atoms with Crippen LogP contribution in [0.25, 0.3) is 5.69 Å². The number of nitrogens with one attached hydrogen (secondary N) is 1. The summed E-state index contributed by atoms with van der Waals surface area (Å²) in [5.74, 6) is -1.57. The molecule has 0 spiro atoms. The van der Waals surface area contributed by atoms with Gasteiger partial charge in [0.15, 0.2) is 0 Å². The number of carbonyl (C=O) groups excluding carboxylic acids is 1. The summed E-state index contributed by atoms with van der Waals surface area (Å²) in [5.41, 5.74) is 0.769. The van der Waals surface area contributed by atoms with E-state index >= 15 is 0 Å². The number of rotatable bonds is 6. The van der Waals surface area contributed by atoms with E-state index in [0.29, 0.717) is 6.42 Å². The number of amides is 1. The maximum atomic E-state index is 12.1. The van der Waals surface area contributed by atoms with Gasteiger partial charge in [-0.25, -0.2) is 14.5 Å². The van der Waals surface area contributed by atoms with E-state index in [-0.39, 0.29) is 11.7 Å². The van der Waals surface area contributed by atoms with Gasteiger partial charge in [0.05, 0.1) is 5.69 Å². The Hall–Kier alpha value is -2.70. The minimum atomic E-state index is -1.07. The van der Waals surface area contributed by atoms with Crippen LogP contribution in [-0.4, -0.2) is 37.8 Å². The number of nitrogens with zero attached hydrogens (tertiary/aromatic N) is 3. The Bertz CT molecular complexity index is 652. The zero-order valence-corrected chi connectivity index (χ0v) is 12.4. The first-order valence-corrected chi connectivity index (χ1v) is 6.98. The molecule has 7 nitrogen and oxygen atoms in total. The Morgan fingerprint density at radius 2 is 1.95 bits per heavy atom. The number of carboxylic acid groups (broad SMARTS) is 1. The molecule has 1 aromatic heterocycles. The first kappa shape index (κ1) is 15.7. The van der Waals surface area contributed by atoms with Crippen LogP contribution < -0.4 is 5.32 Å². The molecule has 1 aromatic carbocycles. The maximum Gasteiger partial charge on any atom is 0.326 e. The molecule has 22 heavy (non-hydrogen) atoms. The number of aliphatic carboxylic acids is 1. The van der Waals surface area contributed by atoms with Crippen molar-refractivity contribution in [3.05, 3.63) is 42.5 Å². The summed E-state index contributed by atoms with van der Waals surface area (Å²) in [4.78, 5) is 27.2. The van der Waals surface area contributed by atoms with Gasteiger partial charge in [0.1, 0.15) is 12.4 Å². The molecule has 0 aliphatic rings. The van der Waals surface area contributed by atoms with E-state index in [1.165, 1.54) is 11.0 Å². The molecular weight excluding hydrogens is 284 g/mol. The predicted molar refractivity (Wildman–Crippen MR) is 79.7 cm³/mol. The van der Waals surface area contributed by atoms with E-state index in [1.807, 2.05) is 44.2 Å². The SMILES string of the molecule is CC(C)C[C@H](NC(=O)c1ncn(-c2ccccc2)n1)C(=O)O. The average Bonchev–Trinajstić information content (AvgIpc) is 2.96. The largest absolute Gasteiger partial charge is 0.480 e. The third-order valence-electron chi connectivity index (χ3n) is 3.03. The molecule has 0 unspecified atom stereocenters. The molecule has 1 amide bonds. The summed E-state index contributed by atoms with van der Waals surface area (Å²) < 4.78 is 1.47. The van der Waals surface area contributed by atoms with Gasteiger partial charge in [0.25, 0.3) is 5.91 Å². The molecule has 0 bridgehead atoms. The van der Waals surface area contributed by atoms with Gasteiger partial charge in [-0.15, -0.1) is 5.10 Å². The molecule has 116 valence electrons. The van der Waals surface area contributed by atoms with Crippen LogP contribution in [0, 0.1) is 5.92 Å². The van der Waals surface area contributed by atoms with Crippen molar-refractivity contribution < 1.29 is 14.7 Å². The van der Waals surface area contributed by atoms with Gasteiger partial charge in [-0.3, -0.25) is 4.79 Å². The minimum absolute atomic E-state index is 0.0566. The third-order valence-corrected chi connectivity index (χ3v) is 3.03. The van der Waals surface area contributed by atoms with E-state index in [4.69, 9.17) is 5.11 Å². The number of para-hydroxylation sites is 1. The summed E-state index contributed by atoms with van der Waals surface area (Å²) in [5, 5.41) is 15.7. The lowest BCUT2D eigenvalue weighted by Crippen LogP contribution is -2.42. The number of hydrogen-bond acceptors (Lipinski definition) is 4. The van der Waals surface area contributed by atoms with Crippen LogP contribution in [0.4, 0.5) is 0 Å². The highest BCUT2D eigenvalue weighted by atomic mass is 16.4. The van der Waals surface area contributed by atoms with Gasteiger partial charge in [-0.2, -0.15) is 0 Å². The second-order valence-electron chi connectivity index (χ2n) is 5.34. The summed E-state index contributed by atoms with van der Waals surface area (Å²) in [6, 6.07) is 8.28. The standard InChI is InChI=1S/C15H18N4O3/c1-10(2)8-12(15(21)22)17-14(20)13-16-9-19(18-13)11-6-4-3-5-7-11/h3-7,9-10,12H,8H2,1-2H3,(H,17,20)(H,21,22)/t12-/m0/s1. The number of carboxylic acids is 1. The molecular formula is C15H18N4O3. The fourth-order valence-corrected chi connectivity index (χ4v) is 1.99. The Labute approximate surface area is 128 Å². The molecule has 0 saturated heterocycles. The molecule has 2 N–H and O–H groups in total. The first-order chi connectivity index (χ1) is 10.5. The van der Waals surface area contributed by atoms with Crippen LogP contribution in [-0.2, 0) is 4.79 Å². The second kappa shape index (κ2) is 6.84. The van der Waals surface area contributed by atoms with Crippen molar-refractivity contribution in [2.24, 2.45) is 5.92 Å². The zero-order valence-electron chi connectivity index (χ0n) is 12.4. The first-order valence-electron chi connectivity index (χ1n) is 6.98. The van der Waals surface area contributed by atoms with Crippen LogP contribution >= 0.6 is 0 Å². The van der Waals surface area contributed by atoms with E-state index in [0.717, 1.165) is 5.69 Å². The molecule has 0 aliphatic heterocycles. The quantitative estimate of drug-likeness (QED) is 0.842. The molecule has 0 fully saturated rings. The summed E-state index contributed by atoms with van der Waals surface area (Å²) in [6.07, 6.45) is 1.77. The molecule has 1 heterocycles. The van der Waals surface area contributed by atoms with Gasteiger partial charge in [0, 0.05) is 0 Å². The maximum absolute atomic E-state index is 12.1. The van der Waals surface area contributed by atoms with Crippen LogP contribution in [0.3, 0.4) is 0 Å². The number of hydrogen-bond donors (Lipinski definition) is 2. The van der Waals surface area contributed by atoms with E-state index in [2.05, 4.69) is 15.4 Å². The molecule has 0 saturated carbocycles. The summed E-state index contributed by atoms with van der Waals surface area (Å²) in [6.45, 7) is 3.79. The number of carbonyl (C=O) groups is 2. The average molecular weight is 302 g/mol. The minimum Gasteiger partial charge on any atom is -0.480 e. The highest BCUT2D eigenvalue weighted by Gasteiger charge is 2.23. The van der Waals surface area contributed by atoms with Crippen molar-refractivity contribution in [1.29, 1.82) is 0 Å². The summed E-state index contributed by atoms with van der Waals surface area (Å²) >= 11 is 0. The van der Waals surface area contributed by atoms with E-state index < -0.39 is 17.9 Å². The van der Waals surface area contributed by atoms with Crippen molar-refractivity contribution in [3.63, 3.8) is 0 Å². The smallest absolute Gasteiger partial charge is 0.326 e.